The third-order valence-electron chi connectivity index (χ3n) is 6.53. The molecular formula is C27H35NO4S. The molecular weight excluding hydrogens is 434 g/mol. The summed E-state index contributed by atoms with van der Waals surface area (Å²) in [4.78, 5) is 28.1. The summed E-state index contributed by atoms with van der Waals surface area (Å²) in [5.74, 6) is 0.202. The van der Waals surface area contributed by atoms with Gasteiger partial charge >= 0.3 is 5.97 Å². The average Bonchev–Trinajstić information content (AvgIpc) is 3.14. The lowest BCUT2D eigenvalue weighted by molar-refractivity contribution is -0.152. The van der Waals surface area contributed by atoms with Crippen LogP contribution in [0.25, 0.3) is 0 Å². The van der Waals surface area contributed by atoms with E-state index in [9.17, 15) is 14.7 Å². The fourth-order valence-electron chi connectivity index (χ4n) is 4.64. The minimum atomic E-state index is -1.28. The zero-order valence-electron chi connectivity index (χ0n) is 20.5. The molecule has 0 amide bonds. The van der Waals surface area contributed by atoms with Crippen molar-refractivity contribution in [2.45, 2.75) is 51.0 Å². The van der Waals surface area contributed by atoms with Crippen molar-refractivity contribution in [3.63, 3.8) is 0 Å². The second-order valence-corrected chi connectivity index (χ2v) is 10.6. The van der Waals surface area contributed by atoms with Gasteiger partial charge in [0.2, 0.25) is 0 Å². The Morgan fingerprint density at radius 2 is 1.73 bits per heavy atom. The van der Waals surface area contributed by atoms with Crippen LogP contribution in [-0.2, 0) is 11.2 Å². The maximum absolute atomic E-state index is 13.3. The third-order valence-corrected chi connectivity index (χ3v) is 7.27. The number of benzene rings is 2. The number of ether oxygens (including phenoxy) is 1. The van der Waals surface area contributed by atoms with E-state index < -0.39 is 11.6 Å². The van der Waals surface area contributed by atoms with Gasteiger partial charge in [0.1, 0.15) is 5.75 Å². The van der Waals surface area contributed by atoms with Gasteiger partial charge < -0.3 is 14.7 Å². The third kappa shape index (κ3) is 5.98. The molecule has 6 heteroatoms. The molecule has 0 bridgehead atoms. The Balaban J connectivity index is 1.71. The molecule has 2 atom stereocenters. The van der Waals surface area contributed by atoms with Crippen molar-refractivity contribution in [1.29, 1.82) is 0 Å². The van der Waals surface area contributed by atoms with Crippen molar-refractivity contribution in [3.05, 3.63) is 58.7 Å². The first-order chi connectivity index (χ1) is 15.5. The Labute approximate surface area is 201 Å². The van der Waals surface area contributed by atoms with E-state index >= 15 is 0 Å². The maximum Gasteiger partial charge on any atom is 0.347 e. The van der Waals surface area contributed by atoms with Crippen LogP contribution in [-0.4, -0.2) is 53.8 Å². The van der Waals surface area contributed by atoms with E-state index in [2.05, 4.69) is 24.1 Å². The largest absolute Gasteiger partial charge is 0.478 e. The molecule has 0 radical (unpaired) electrons. The molecule has 2 aromatic carbocycles. The number of ketones is 1. The summed E-state index contributed by atoms with van der Waals surface area (Å²) in [5.41, 5.74) is 2.57. The Kier molecular flexibility index (Phi) is 7.91. The second kappa shape index (κ2) is 10.3. The molecule has 0 spiro atoms. The first-order valence-electron chi connectivity index (χ1n) is 11.4. The standard InChI is InChI=1S/C27H35NO4S/c1-17-13-19(14-18(2)25(17)32-27(3,4)26(30)31)7-8-21-15-28(5)16-23(21)24(29)20-9-11-22(33-6)12-10-20/h9-14,21,23H,7-8,15-16H2,1-6H3,(H,30,31)/t21-,23-/m0/s1. The zero-order chi connectivity index (χ0) is 24.3. The minimum Gasteiger partial charge on any atom is -0.478 e. The highest BCUT2D eigenvalue weighted by molar-refractivity contribution is 7.98. The molecule has 1 fully saturated rings. The fraction of sp³-hybridized carbons (Fsp3) is 0.481. The predicted molar refractivity (Wildman–Crippen MR) is 134 cm³/mol. The zero-order valence-corrected chi connectivity index (χ0v) is 21.3. The van der Waals surface area contributed by atoms with Crippen LogP contribution < -0.4 is 4.74 Å². The van der Waals surface area contributed by atoms with E-state index in [1.165, 1.54) is 5.56 Å². The van der Waals surface area contributed by atoms with Crippen LogP contribution in [0.3, 0.4) is 0 Å². The van der Waals surface area contributed by atoms with Crippen LogP contribution in [0, 0.1) is 25.7 Å². The van der Waals surface area contributed by atoms with Gasteiger partial charge in [0, 0.05) is 29.5 Å². The lowest BCUT2D eigenvalue weighted by atomic mass is 9.84. The van der Waals surface area contributed by atoms with Crippen molar-refractivity contribution in [2.24, 2.45) is 11.8 Å². The number of likely N-dealkylation sites (tertiary alicyclic amines) is 1. The van der Waals surface area contributed by atoms with Crippen LogP contribution in [0.1, 0.15) is 47.3 Å². The fourth-order valence-corrected chi connectivity index (χ4v) is 5.05. The summed E-state index contributed by atoms with van der Waals surface area (Å²) < 4.78 is 5.83. The van der Waals surface area contributed by atoms with E-state index in [0.717, 1.165) is 47.5 Å². The van der Waals surface area contributed by atoms with E-state index in [4.69, 9.17) is 4.74 Å². The Hall–Kier alpha value is -2.31. The summed E-state index contributed by atoms with van der Waals surface area (Å²) in [5, 5.41) is 9.39. The molecule has 3 rings (SSSR count). The highest BCUT2D eigenvalue weighted by Gasteiger charge is 2.36. The van der Waals surface area contributed by atoms with Crippen LogP contribution in [0.15, 0.2) is 41.3 Å². The van der Waals surface area contributed by atoms with E-state index in [-0.39, 0.29) is 11.7 Å². The highest BCUT2D eigenvalue weighted by Crippen LogP contribution is 2.33. The molecule has 1 aliphatic heterocycles. The number of thioether (sulfide) groups is 1. The van der Waals surface area contributed by atoms with Crippen molar-refractivity contribution in [1.82, 2.24) is 4.90 Å². The number of carboxylic acids is 1. The van der Waals surface area contributed by atoms with Gasteiger partial charge in [-0.25, -0.2) is 4.79 Å². The molecule has 1 heterocycles. The topological polar surface area (TPSA) is 66.8 Å². The number of carboxylic acid groups (broad SMARTS) is 1. The smallest absolute Gasteiger partial charge is 0.347 e. The molecule has 0 aliphatic carbocycles. The van der Waals surface area contributed by atoms with Crippen LogP contribution in [0.5, 0.6) is 5.75 Å². The molecule has 1 aliphatic rings. The SMILES string of the molecule is CSc1ccc(C(=O)[C@H]2CN(C)C[C@@H]2CCc2cc(C)c(OC(C)(C)C(=O)O)c(C)c2)cc1. The summed E-state index contributed by atoms with van der Waals surface area (Å²) in [6, 6.07) is 12.1. The molecule has 33 heavy (non-hydrogen) atoms. The van der Waals surface area contributed by atoms with Crippen LogP contribution in [0.4, 0.5) is 0 Å². The summed E-state index contributed by atoms with van der Waals surface area (Å²) >= 11 is 1.68. The number of hydrogen-bond acceptors (Lipinski definition) is 5. The van der Waals surface area contributed by atoms with Crippen molar-refractivity contribution in [2.75, 3.05) is 26.4 Å². The number of carbonyl (C=O) groups is 2. The molecule has 178 valence electrons. The monoisotopic (exact) mass is 469 g/mol. The van der Waals surface area contributed by atoms with Gasteiger partial charge in [0.05, 0.1) is 0 Å². The van der Waals surface area contributed by atoms with Gasteiger partial charge in [0.15, 0.2) is 11.4 Å². The first kappa shape index (κ1) is 25.3. The van der Waals surface area contributed by atoms with Gasteiger partial charge in [-0.3, -0.25) is 4.79 Å². The Bertz CT molecular complexity index is 992. The average molecular weight is 470 g/mol. The van der Waals surface area contributed by atoms with Crippen LogP contribution >= 0.6 is 11.8 Å². The Morgan fingerprint density at radius 1 is 1.12 bits per heavy atom. The van der Waals surface area contributed by atoms with Crippen molar-refractivity contribution in [3.8, 4) is 5.75 Å². The second-order valence-electron chi connectivity index (χ2n) is 9.70. The Morgan fingerprint density at radius 3 is 2.27 bits per heavy atom. The summed E-state index contributed by atoms with van der Waals surface area (Å²) in [6.45, 7) is 8.75. The van der Waals surface area contributed by atoms with E-state index in [0.29, 0.717) is 11.7 Å². The van der Waals surface area contributed by atoms with E-state index in [1.54, 1.807) is 25.6 Å². The normalized spacial score (nSPS) is 19.0. The number of hydrogen-bond donors (Lipinski definition) is 1. The number of Topliss-reactive ketones (excluding diaryl/α,β-unsaturated/α-hetero) is 1. The molecule has 1 saturated heterocycles. The van der Waals surface area contributed by atoms with Gasteiger partial charge in [-0.05, 0) is 88.6 Å². The van der Waals surface area contributed by atoms with Gasteiger partial charge in [0.25, 0.3) is 0 Å². The van der Waals surface area contributed by atoms with E-state index in [1.807, 2.05) is 44.4 Å². The van der Waals surface area contributed by atoms with Crippen LogP contribution in [0.2, 0.25) is 0 Å². The van der Waals surface area contributed by atoms with Crippen molar-refractivity contribution >= 4 is 23.5 Å². The lowest BCUT2D eigenvalue weighted by Crippen LogP contribution is -2.38. The number of aryl methyl sites for hydroxylation is 3. The number of aliphatic carboxylic acids is 1. The van der Waals surface area contributed by atoms with Gasteiger partial charge in [-0.1, -0.05) is 24.3 Å². The minimum absolute atomic E-state index is 0.0105. The van der Waals surface area contributed by atoms with Gasteiger partial charge in [-0.15, -0.1) is 11.8 Å². The molecule has 0 saturated carbocycles. The molecule has 5 nitrogen and oxygen atoms in total. The molecule has 0 unspecified atom stereocenters. The maximum atomic E-state index is 13.3. The number of nitrogens with zero attached hydrogens (tertiary/aromatic N) is 1. The number of rotatable bonds is 9. The quantitative estimate of drug-likeness (QED) is 0.399. The molecule has 0 aromatic heterocycles. The van der Waals surface area contributed by atoms with Gasteiger partial charge in [-0.2, -0.15) is 0 Å². The lowest BCUT2D eigenvalue weighted by Gasteiger charge is -2.25. The summed E-state index contributed by atoms with van der Waals surface area (Å²) in [7, 11) is 2.09. The summed E-state index contributed by atoms with van der Waals surface area (Å²) in [6.07, 6.45) is 3.84. The molecule has 2 aromatic rings. The highest BCUT2D eigenvalue weighted by atomic mass is 32.2. The number of carbonyl (C=O) groups excluding carboxylic acids is 1. The molecule has 1 N–H and O–H groups in total. The predicted octanol–water partition coefficient (Wildman–Crippen LogP) is 5.26. The van der Waals surface area contributed by atoms with Crippen molar-refractivity contribution < 1.29 is 19.4 Å². The first-order valence-corrected chi connectivity index (χ1v) is 12.6.